The number of carbonyl (C=O) groups is 1. The summed E-state index contributed by atoms with van der Waals surface area (Å²) >= 11 is 6.01. The maximum Gasteiger partial charge on any atom is 0.293 e. The van der Waals surface area contributed by atoms with Crippen LogP contribution in [0, 0.1) is 0 Å². The van der Waals surface area contributed by atoms with Crippen LogP contribution in [-0.2, 0) is 0 Å². The molecule has 0 saturated carbocycles. The van der Waals surface area contributed by atoms with Crippen molar-refractivity contribution in [2.24, 2.45) is 0 Å². The topological polar surface area (TPSA) is 58.4 Å². The Hall–Kier alpha value is -1.56. The van der Waals surface area contributed by atoms with Crippen LogP contribution in [-0.4, -0.2) is 41.1 Å². The van der Waals surface area contributed by atoms with Crippen molar-refractivity contribution < 1.29 is 9.32 Å². The minimum Gasteiger partial charge on any atom is -0.350 e. The fraction of sp³-hybridized carbons (Fsp3) is 0.412. The van der Waals surface area contributed by atoms with Gasteiger partial charge in [0.25, 0.3) is 5.91 Å². The highest BCUT2D eigenvalue weighted by Crippen LogP contribution is 2.30. The summed E-state index contributed by atoms with van der Waals surface area (Å²) in [6.07, 6.45) is 3.13. The predicted octanol–water partition coefficient (Wildman–Crippen LogP) is 3.38. The summed E-state index contributed by atoms with van der Waals surface area (Å²) in [5.41, 5.74) is 1.48. The maximum atomic E-state index is 12.9. The smallest absolute Gasteiger partial charge is 0.293 e. The fourth-order valence-electron chi connectivity index (χ4n) is 3.60. The van der Waals surface area contributed by atoms with Crippen molar-refractivity contribution >= 4 is 29.9 Å². The van der Waals surface area contributed by atoms with Gasteiger partial charge in [0.05, 0.1) is 0 Å². The van der Waals surface area contributed by atoms with Crippen LogP contribution in [0.4, 0.5) is 0 Å². The molecule has 5 nitrogen and oxygen atoms in total. The van der Waals surface area contributed by atoms with Crippen LogP contribution < -0.4 is 5.32 Å². The third kappa shape index (κ3) is 3.16. The second-order valence-corrected chi connectivity index (χ2v) is 6.61. The highest BCUT2D eigenvalue weighted by molar-refractivity contribution is 6.30. The minimum absolute atomic E-state index is 0. The van der Waals surface area contributed by atoms with Crippen molar-refractivity contribution in [1.82, 2.24) is 15.4 Å². The number of rotatable bonds is 2. The van der Waals surface area contributed by atoms with Gasteiger partial charge in [0.1, 0.15) is 5.69 Å². The molecule has 128 valence electrons. The molecule has 2 fully saturated rings. The van der Waals surface area contributed by atoms with Crippen LogP contribution >= 0.6 is 24.0 Å². The molecule has 24 heavy (non-hydrogen) atoms. The van der Waals surface area contributed by atoms with Gasteiger partial charge in [0.15, 0.2) is 0 Å². The molecular weight excluding hydrogens is 349 g/mol. The molecule has 2 bridgehead atoms. The third-order valence-corrected chi connectivity index (χ3v) is 4.97. The highest BCUT2D eigenvalue weighted by Gasteiger charge is 2.39. The lowest BCUT2D eigenvalue weighted by Crippen LogP contribution is -2.42. The van der Waals surface area contributed by atoms with Gasteiger partial charge in [0, 0.05) is 35.3 Å². The second kappa shape index (κ2) is 7.13. The monoisotopic (exact) mass is 367 g/mol. The molecule has 4 rings (SSSR count). The quantitative estimate of drug-likeness (QED) is 0.883. The van der Waals surface area contributed by atoms with Crippen LogP contribution in [0.2, 0.25) is 5.02 Å². The first-order valence-electron chi connectivity index (χ1n) is 7.98. The minimum atomic E-state index is -0.0537. The summed E-state index contributed by atoms with van der Waals surface area (Å²) in [6.45, 7) is 1.83. The molecule has 2 aliphatic heterocycles. The molecule has 3 heterocycles. The summed E-state index contributed by atoms with van der Waals surface area (Å²) in [7, 11) is 0. The zero-order valence-corrected chi connectivity index (χ0v) is 14.6. The molecular formula is C17H19Cl2N3O2. The standard InChI is InChI=1S/C17H18ClN3O2.ClH/c18-12-3-1-2-11(8-12)15-9-16(23-20-15)17(22)21-13-4-5-14(21)10-19-7-6-13;/h1-3,8-9,13-14,19H,4-7,10H2;1H. The summed E-state index contributed by atoms with van der Waals surface area (Å²) in [5, 5.41) is 8.07. The molecule has 2 aromatic rings. The molecule has 2 atom stereocenters. The van der Waals surface area contributed by atoms with Gasteiger partial charge in [-0.1, -0.05) is 28.9 Å². The van der Waals surface area contributed by atoms with Gasteiger partial charge in [-0.25, -0.2) is 0 Å². The average Bonchev–Trinajstić information content (AvgIpc) is 3.11. The van der Waals surface area contributed by atoms with E-state index in [9.17, 15) is 4.79 Å². The largest absolute Gasteiger partial charge is 0.350 e. The first-order chi connectivity index (χ1) is 11.2. The van der Waals surface area contributed by atoms with E-state index in [-0.39, 0.29) is 24.4 Å². The van der Waals surface area contributed by atoms with Crippen molar-refractivity contribution in [3.63, 3.8) is 0 Å². The van der Waals surface area contributed by atoms with Gasteiger partial charge in [-0.3, -0.25) is 4.79 Å². The number of aromatic nitrogens is 1. The molecule has 1 amide bonds. The Morgan fingerprint density at radius 2 is 2.08 bits per heavy atom. The van der Waals surface area contributed by atoms with Crippen molar-refractivity contribution in [2.75, 3.05) is 13.1 Å². The molecule has 0 spiro atoms. The molecule has 7 heteroatoms. The van der Waals surface area contributed by atoms with E-state index in [0.717, 1.165) is 37.9 Å². The zero-order valence-electron chi connectivity index (χ0n) is 13.1. The van der Waals surface area contributed by atoms with E-state index in [1.54, 1.807) is 12.1 Å². The van der Waals surface area contributed by atoms with E-state index in [1.165, 1.54) is 0 Å². The Morgan fingerprint density at radius 3 is 2.92 bits per heavy atom. The number of hydrogen-bond donors (Lipinski definition) is 1. The summed E-state index contributed by atoms with van der Waals surface area (Å²) in [6, 6.07) is 9.65. The number of fused-ring (bicyclic) bond motifs is 2. The SMILES string of the molecule is Cl.O=C(c1cc(-c2cccc(Cl)c2)no1)N1C2CCNCC1CC2. The number of halogens is 2. The first kappa shape index (κ1) is 17.3. The van der Waals surface area contributed by atoms with E-state index in [1.807, 2.05) is 23.1 Å². The van der Waals surface area contributed by atoms with Gasteiger partial charge in [-0.2, -0.15) is 0 Å². The van der Waals surface area contributed by atoms with Gasteiger partial charge in [-0.05, 0) is 37.9 Å². The maximum absolute atomic E-state index is 12.9. The average molecular weight is 368 g/mol. The van der Waals surface area contributed by atoms with Gasteiger partial charge in [-0.15, -0.1) is 12.4 Å². The number of carbonyl (C=O) groups excluding carboxylic acids is 1. The molecule has 2 unspecified atom stereocenters. The Kier molecular flexibility index (Phi) is 5.13. The Bertz CT molecular complexity index is 720. The molecule has 0 radical (unpaired) electrons. The van der Waals surface area contributed by atoms with E-state index in [4.69, 9.17) is 16.1 Å². The molecule has 2 saturated heterocycles. The Labute approximate surface area is 151 Å². The third-order valence-electron chi connectivity index (χ3n) is 4.73. The van der Waals surface area contributed by atoms with E-state index in [0.29, 0.717) is 22.5 Å². The van der Waals surface area contributed by atoms with Gasteiger partial charge < -0.3 is 14.7 Å². The lowest BCUT2D eigenvalue weighted by atomic mass is 10.1. The molecule has 1 aromatic heterocycles. The van der Waals surface area contributed by atoms with Crippen LogP contribution in [0.1, 0.15) is 29.8 Å². The van der Waals surface area contributed by atoms with Crippen molar-refractivity contribution in [2.45, 2.75) is 31.3 Å². The molecule has 1 aromatic carbocycles. The number of benzene rings is 1. The summed E-state index contributed by atoms with van der Waals surface area (Å²) < 4.78 is 5.33. The normalized spacial score (nSPS) is 22.8. The Morgan fingerprint density at radius 1 is 1.25 bits per heavy atom. The zero-order chi connectivity index (χ0) is 15.8. The van der Waals surface area contributed by atoms with Crippen molar-refractivity contribution in [3.8, 4) is 11.3 Å². The Balaban J connectivity index is 0.00000169. The number of nitrogens with one attached hydrogen (secondary N) is 1. The van der Waals surface area contributed by atoms with Crippen molar-refractivity contribution in [1.29, 1.82) is 0 Å². The van der Waals surface area contributed by atoms with Crippen molar-refractivity contribution in [3.05, 3.63) is 41.1 Å². The molecule has 1 N–H and O–H groups in total. The second-order valence-electron chi connectivity index (χ2n) is 6.18. The lowest BCUT2D eigenvalue weighted by molar-refractivity contribution is 0.0637. The van der Waals surface area contributed by atoms with Crippen LogP contribution in [0.25, 0.3) is 11.3 Å². The van der Waals surface area contributed by atoms with E-state index in [2.05, 4.69) is 10.5 Å². The number of hydrogen-bond acceptors (Lipinski definition) is 4. The highest BCUT2D eigenvalue weighted by atomic mass is 35.5. The molecule has 2 aliphatic rings. The predicted molar refractivity (Wildman–Crippen MR) is 94.7 cm³/mol. The lowest BCUT2D eigenvalue weighted by Gasteiger charge is -2.26. The van der Waals surface area contributed by atoms with Crippen LogP contribution in [0.5, 0.6) is 0 Å². The first-order valence-corrected chi connectivity index (χ1v) is 8.36. The number of amides is 1. The van der Waals surface area contributed by atoms with Crippen LogP contribution in [0.3, 0.4) is 0 Å². The fourth-order valence-corrected chi connectivity index (χ4v) is 3.79. The summed E-state index contributed by atoms with van der Waals surface area (Å²) in [4.78, 5) is 14.9. The van der Waals surface area contributed by atoms with E-state index < -0.39 is 0 Å². The van der Waals surface area contributed by atoms with E-state index >= 15 is 0 Å². The van der Waals surface area contributed by atoms with Crippen LogP contribution in [0.15, 0.2) is 34.9 Å². The molecule has 0 aliphatic carbocycles. The number of nitrogens with zero attached hydrogens (tertiary/aromatic N) is 2. The summed E-state index contributed by atoms with van der Waals surface area (Å²) in [5.74, 6) is 0.251. The van der Waals surface area contributed by atoms with Gasteiger partial charge in [0.2, 0.25) is 5.76 Å². The van der Waals surface area contributed by atoms with Gasteiger partial charge >= 0.3 is 0 Å².